The van der Waals surface area contributed by atoms with Crippen molar-refractivity contribution in [3.8, 4) is 0 Å². The molecule has 0 aromatic rings. The van der Waals surface area contributed by atoms with Crippen molar-refractivity contribution in [3.05, 3.63) is 0 Å². The maximum Gasteiger partial charge on any atom is 0.308 e. The predicted octanol–water partition coefficient (Wildman–Crippen LogP) is 0.0368. The lowest BCUT2D eigenvalue weighted by molar-refractivity contribution is -0.142. The van der Waals surface area contributed by atoms with Gasteiger partial charge in [-0.15, -0.1) is 0 Å². The first kappa shape index (κ1) is 12.8. The van der Waals surface area contributed by atoms with Crippen LogP contribution in [0.15, 0.2) is 0 Å². The molecule has 3 unspecified atom stereocenters. The van der Waals surface area contributed by atoms with Gasteiger partial charge >= 0.3 is 5.97 Å². The largest absolute Gasteiger partial charge is 0.481 e. The van der Waals surface area contributed by atoms with Crippen molar-refractivity contribution in [1.29, 1.82) is 0 Å². The number of amides is 2. The summed E-state index contributed by atoms with van der Waals surface area (Å²) in [7, 11) is 0. The molecular formula is C9H14N2O4S. The van der Waals surface area contributed by atoms with E-state index in [1.54, 1.807) is 6.92 Å². The first-order chi connectivity index (χ1) is 7.41. The van der Waals surface area contributed by atoms with Gasteiger partial charge in [0.25, 0.3) is 5.24 Å². The lowest BCUT2D eigenvalue weighted by Crippen LogP contribution is -2.48. The van der Waals surface area contributed by atoms with E-state index in [4.69, 9.17) is 5.11 Å². The van der Waals surface area contributed by atoms with Gasteiger partial charge in [-0.1, -0.05) is 11.8 Å². The first-order valence-electron chi connectivity index (χ1n) is 4.88. The van der Waals surface area contributed by atoms with E-state index in [2.05, 4.69) is 10.6 Å². The average molecular weight is 246 g/mol. The Balaban J connectivity index is 2.45. The molecule has 2 amide bonds. The minimum absolute atomic E-state index is 0.223. The second-order valence-corrected chi connectivity index (χ2v) is 4.71. The van der Waals surface area contributed by atoms with Gasteiger partial charge in [0, 0.05) is 11.8 Å². The number of carbonyl (C=O) groups is 3. The average Bonchev–Trinajstić information content (AvgIpc) is 2.63. The van der Waals surface area contributed by atoms with E-state index in [1.807, 2.05) is 0 Å². The molecule has 3 N–H and O–H groups in total. The molecular weight excluding hydrogens is 232 g/mol. The minimum atomic E-state index is -0.961. The maximum absolute atomic E-state index is 11.6. The highest BCUT2D eigenvalue weighted by molar-refractivity contribution is 8.14. The lowest BCUT2D eigenvalue weighted by atomic mass is 10.0. The topological polar surface area (TPSA) is 95.5 Å². The van der Waals surface area contributed by atoms with Crippen molar-refractivity contribution in [3.63, 3.8) is 0 Å². The summed E-state index contributed by atoms with van der Waals surface area (Å²) in [6, 6.07) is -1.02. The summed E-state index contributed by atoms with van der Waals surface area (Å²) in [5.41, 5.74) is 0. The molecule has 0 spiro atoms. The second-order valence-electron chi connectivity index (χ2n) is 3.72. The Kier molecular flexibility index (Phi) is 4.17. The van der Waals surface area contributed by atoms with Gasteiger partial charge in [-0.05, 0) is 13.8 Å². The fourth-order valence-corrected chi connectivity index (χ4v) is 1.97. The third-order valence-electron chi connectivity index (χ3n) is 2.50. The molecule has 0 aliphatic carbocycles. The molecule has 0 bridgehead atoms. The van der Waals surface area contributed by atoms with Gasteiger partial charge in [-0.3, -0.25) is 14.4 Å². The van der Waals surface area contributed by atoms with Crippen LogP contribution in [-0.4, -0.2) is 40.1 Å². The van der Waals surface area contributed by atoms with Gasteiger partial charge in [0.05, 0.1) is 5.92 Å². The zero-order chi connectivity index (χ0) is 12.3. The molecule has 16 heavy (non-hydrogen) atoms. The monoisotopic (exact) mass is 246 g/mol. The van der Waals surface area contributed by atoms with Crippen molar-refractivity contribution in [2.24, 2.45) is 5.92 Å². The quantitative estimate of drug-likeness (QED) is 0.650. The Hall–Kier alpha value is -1.24. The standard InChI is InChI=1S/C9H14N2O4S/c1-4(8(13)14)5(2)10-7(12)6-3-16-9(15)11-6/h4-6H,3H2,1-2H3,(H,10,12)(H,11,15)(H,13,14). The van der Waals surface area contributed by atoms with Crippen LogP contribution in [0.2, 0.25) is 0 Å². The zero-order valence-corrected chi connectivity index (χ0v) is 9.84. The number of aliphatic carboxylic acids is 1. The van der Waals surface area contributed by atoms with E-state index in [-0.39, 0.29) is 11.1 Å². The van der Waals surface area contributed by atoms with Gasteiger partial charge in [-0.25, -0.2) is 0 Å². The van der Waals surface area contributed by atoms with Gasteiger partial charge in [-0.2, -0.15) is 0 Å². The number of hydrogen-bond acceptors (Lipinski definition) is 4. The molecule has 1 saturated heterocycles. The zero-order valence-electron chi connectivity index (χ0n) is 9.02. The normalized spacial score (nSPS) is 23.4. The molecule has 0 radical (unpaired) electrons. The molecule has 7 heteroatoms. The van der Waals surface area contributed by atoms with Gasteiger partial charge in [0.15, 0.2) is 0 Å². The van der Waals surface area contributed by atoms with E-state index >= 15 is 0 Å². The van der Waals surface area contributed by atoms with Crippen molar-refractivity contribution in [2.45, 2.75) is 25.9 Å². The number of thioether (sulfide) groups is 1. The Labute approximate surface area is 97.2 Å². The smallest absolute Gasteiger partial charge is 0.308 e. The lowest BCUT2D eigenvalue weighted by Gasteiger charge is -2.19. The molecule has 3 atom stereocenters. The van der Waals surface area contributed by atoms with Crippen LogP contribution in [0.4, 0.5) is 4.79 Å². The van der Waals surface area contributed by atoms with E-state index in [0.717, 1.165) is 11.8 Å². The fourth-order valence-electron chi connectivity index (χ4n) is 1.19. The Morgan fingerprint density at radius 3 is 2.62 bits per heavy atom. The molecule has 1 aliphatic heterocycles. The van der Waals surface area contributed by atoms with Crippen LogP contribution < -0.4 is 10.6 Å². The van der Waals surface area contributed by atoms with Crippen molar-refractivity contribution >= 4 is 28.9 Å². The summed E-state index contributed by atoms with van der Waals surface area (Å²) < 4.78 is 0. The second kappa shape index (κ2) is 5.20. The molecule has 1 aliphatic rings. The van der Waals surface area contributed by atoms with E-state index in [9.17, 15) is 14.4 Å². The summed E-state index contributed by atoms with van der Waals surface area (Å²) in [5.74, 6) is -1.57. The van der Waals surface area contributed by atoms with Crippen LogP contribution in [-0.2, 0) is 9.59 Å². The molecule has 0 aromatic heterocycles. The van der Waals surface area contributed by atoms with Crippen LogP contribution in [0, 0.1) is 5.92 Å². The highest BCUT2D eigenvalue weighted by Gasteiger charge is 2.30. The number of rotatable bonds is 4. The maximum atomic E-state index is 11.6. The summed E-state index contributed by atoms with van der Waals surface area (Å²) in [5, 5.41) is 13.6. The van der Waals surface area contributed by atoms with Gasteiger partial charge in [0.1, 0.15) is 6.04 Å². The molecule has 6 nitrogen and oxygen atoms in total. The predicted molar refractivity (Wildman–Crippen MR) is 59.2 cm³/mol. The van der Waals surface area contributed by atoms with Crippen LogP contribution in [0.5, 0.6) is 0 Å². The molecule has 0 saturated carbocycles. The summed E-state index contributed by atoms with van der Waals surface area (Å²) >= 11 is 1.05. The Morgan fingerprint density at radius 2 is 2.19 bits per heavy atom. The summed E-state index contributed by atoms with van der Waals surface area (Å²) in [6.07, 6.45) is 0. The van der Waals surface area contributed by atoms with Crippen LogP contribution in [0.1, 0.15) is 13.8 Å². The molecule has 0 aromatic carbocycles. The highest BCUT2D eigenvalue weighted by Crippen LogP contribution is 2.13. The van der Waals surface area contributed by atoms with Crippen molar-refractivity contribution in [2.75, 3.05) is 5.75 Å². The number of carboxylic acids is 1. The molecule has 90 valence electrons. The van der Waals surface area contributed by atoms with Crippen LogP contribution >= 0.6 is 11.8 Å². The first-order valence-corrected chi connectivity index (χ1v) is 5.87. The summed E-state index contributed by atoms with van der Waals surface area (Å²) in [6.45, 7) is 3.15. The molecule has 1 heterocycles. The van der Waals surface area contributed by atoms with Crippen LogP contribution in [0.25, 0.3) is 0 Å². The number of carboxylic acid groups (broad SMARTS) is 1. The Morgan fingerprint density at radius 1 is 1.56 bits per heavy atom. The SMILES string of the molecule is CC(NC(=O)C1CSC(=O)N1)C(C)C(=O)O. The van der Waals surface area contributed by atoms with Gasteiger partial charge in [0.2, 0.25) is 5.91 Å². The summed E-state index contributed by atoms with van der Waals surface area (Å²) in [4.78, 5) is 33.1. The number of hydrogen-bond donors (Lipinski definition) is 3. The molecule has 1 fully saturated rings. The third-order valence-corrected chi connectivity index (χ3v) is 3.38. The Bertz CT molecular complexity index is 321. The van der Waals surface area contributed by atoms with Gasteiger partial charge < -0.3 is 15.7 Å². The number of nitrogens with one attached hydrogen (secondary N) is 2. The highest BCUT2D eigenvalue weighted by atomic mass is 32.2. The van der Waals surface area contributed by atoms with E-state index in [0.29, 0.717) is 5.75 Å². The number of carbonyl (C=O) groups excluding carboxylic acids is 2. The third kappa shape index (κ3) is 3.13. The molecule has 1 rings (SSSR count). The van der Waals surface area contributed by atoms with Crippen LogP contribution in [0.3, 0.4) is 0 Å². The van der Waals surface area contributed by atoms with Crippen molar-refractivity contribution < 1.29 is 19.5 Å². The van der Waals surface area contributed by atoms with Crippen molar-refractivity contribution in [1.82, 2.24) is 10.6 Å². The van der Waals surface area contributed by atoms with E-state index in [1.165, 1.54) is 6.92 Å². The minimum Gasteiger partial charge on any atom is -0.481 e. The fraction of sp³-hybridized carbons (Fsp3) is 0.667. The van der Waals surface area contributed by atoms with E-state index < -0.39 is 24.0 Å².